The average Bonchev–Trinajstić information content (AvgIpc) is 3.30. The largest absolute Gasteiger partial charge is 0.341 e. The summed E-state index contributed by atoms with van der Waals surface area (Å²) in [5, 5.41) is 9.01. The van der Waals surface area contributed by atoms with Gasteiger partial charge >= 0.3 is 0 Å². The maximum atomic E-state index is 12.7. The minimum absolute atomic E-state index is 0.0683. The predicted molar refractivity (Wildman–Crippen MR) is 96.0 cm³/mol. The van der Waals surface area contributed by atoms with E-state index in [9.17, 15) is 4.79 Å². The van der Waals surface area contributed by atoms with E-state index < -0.39 is 0 Å². The lowest BCUT2D eigenvalue weighted by Crippen LogP contribution is -2.43. The molecule has 0 bridgehead atoms. The third-order valence-electron chi connectivity index (χ3n) is 6.40. The van der Waals surface area contributed by atoms with Gasteiger partial charge in [0.2, 0.25) is 5.91 Å². The molecule has 2 saturated heterocycles. The zero-order valence-corrected chi connectivity index (χ0v) is 15.7. The van der Waals surface area contributed by atoms with Crippen LogP contribution < -0.4 is 0 Å². The van der Waals surface area contributed by atoms with Crippen LogP contribution in [0.4, 0.5) is 0 Å². The van der Waals surface area contributed by atoms with Gasteiger partial charge in [0.25, 0.3) is 0 Å². The Morgan fingerprint density at radius 2 is 1.88 bits per heavy atom. The lowest BCUT2D eigenvalue weighted by molar-refractivity contribution is -0.137. The van der Waals surface area contributed by atoms with E-state index in [0.717, 1.165) is 57.0 Å². The molecule has 25 heavy (non-hydrogen) atoms. The lowest BCUT2D eigenvalue weighted by Gasteiger charge is -2.34. The summed E-state index contributed by atoms with van der Waals surface area (Å²) >= 11 is 0. The summed E-state index contributed by atoms with van der Waals surface area (Å²) in [5.41, 5.74) is -0.0683. The molecule has 3 heterocycles. The molecule has 0 aromatic carbocycles. The highest BCUT2D eigenvalue weighted by Crippen LogP contribution is 2.47. The summed E-state index contributed by atoms with van der Waals surface area (Å²) < 4.78 is 2.19. The second kappa shape index (κ2) is 6.71. The van der Waals surface area contributed by atoms with E-state index >= 15 is 0 Å². The van der Waals surface area contributed by atoms with Crippen LogP contribution in [-0.2, 0) is 18.4 Å². The second-order valence-corrected chi connectivity index (χ2v) is 8.52. The van der Waals surface area contributed by atoms with Gasteiger partial charge in [-0.2, -0.15) is 0 Å². The zero-order chi connectivity index (χ0) is 17.4. The van der Waals surface area contributed by atoms with Crippen LogP contribution in [0, 0.1) is 5.41 Å². The molecule has 3 fully saturated rings. The van der Waals surface area contributed by atoms with Crippen LogP contribution in [0.2, 0.25) is 0 Å². The van der Waals surface area contributed by atoms with Crippen molar-refractivity contribution in [2.75, 3.05) is 26.2 Å². The minimum atomic E-state index is -0.0683. The van der Waals surface area contributed by atoms with Gasteiger partial charge in [0, 0.05) is 31.5 Å². The Morgan fingerprint density at radius 3 is 2.60 bits per heavy atom. The number of amides is 1. The topological polar surface area (TPSA) is 54.3 Å². The highest BCUT2D eigenvalue weighted by molar-refractivity contribution is 5.85. The fourth-order valence-corrected chi connectivity index (χ4v) is 4.34. The van der Waals surface area contributed by atoms with Crippen LogP contribution in [0.25, 0.3) is 0 Å². The Labute approximate surface area is 150 Å². The molecule has 1 aliphatic carbocycles. The van der Waals surface area contributed by atoms with Gasteiger partial charge < -0.3 is 9.47 Å². The van der Waals surface area contributed by atoms with E-state index in [-0.39, 0.29) is 5.41 Å². The molecule has 4 rings (SSSR count). The highest BCUT2D eigenvalue weighted by Gasteiger charge is 2.47. The molecule has 1 aromatic heterocycles. The van der Waals surface area contributed by atoms with E-state index in [1.165, 1.54) is 32.4 Å². The first-order valence-corrected chi connectivity index (χ1v) is 9.97. The first-order chi connectivity index (χ1) is 12.1. The molecule has 1 amide bonds. The first-order valence-electron chi connectivity index (χ1n) is 9.97. The van der Waals surface area contributed by atoms with Crippen LogP contribution in [0.15, 0.2) is 0 Å². The van der Waals surface area contributed by atoms with E-state index in [2.05, 4.69) is 38.5 Å². The molecule has 0 spiro atoms. The molecule has 1 aromatic rings. The molecule has 6 heteroatoms. The minimum Gasteiger partial charge on any atom is -0.341 e. The number of rotatable bonds is 4. The van der Waals surface area contributed by atoms with E-state index in [4.69, 9.17) is 0 Å². The Kier molecular flexibility index (Phi) is 4.56. The van der Waals surface area contributed by atoms with Gasteiger partial charge in [0.05, 0.1) is 6.54 Å². The Balaban J connectivity index is 1.43. The van der Waals surface area contributed by atoms with Crippen molar-refractivity contribution in [3.8, 4) is 0 Å². The van der Waals surface area contributed by atoms with Crippen molar-refractivity contribution in [2.45, 2.75) is 64.3 Å². The second-order valence-electron chi connectivity index (χ2n) is 8.52. The fraction of sp³-hybridized carbons (Fsp3) is 0.842. The normalized spacial score (nSPS) is 26.6. The first kappa shape index (κ1) is 17.0. The van der Waals surface area contributed by atoms with Gasteiger partial charge in [-0.05, 0) is 51.6 Å². The maximum absolute atomic E-state index is 12.7. The SMILES string of the molecule is Cn1c(CN2CCCCC2)nnc1[C@@H]1CCCN(C(=O)C2(C)CC2)C1. The quantitative estimate of drug-likeness (QED) is 0.840. The van der Waals surface area contributed by atoms with Gasteiger partial charge in [-0.15, -0.1) is 10.2 Å². The number of nitrogens with zero attached hydrogens (tertiary/aromatic N) is 5. The number of aromatic nitrogens is 3. The van der Waals surface area contributed by atoms with Crippen molar-refractivity contribution in [3.63, 3.8) is 0 Å². The van der Waals surface area contributed by atoms with Crippen molar-refractivity contribution in [1.29, 1.82) is 0 Å². The summed E-state index contributed by atoms with van der Waals surface area (Å²) in [6.45, 7) is 7.07. The molecule has 1 saturated carbocycles. The molecular formula is C19H31N5O. The molecule has 3 aliphatic rings. The van der Waals surface area contributed by atoms with E-state index in [0.29, 0.717) is 11.8 Å². The van der Waals surface area contributed by atoms with Crippen molar-refractivity contribution < 1.29 is 4.79 Å². The standard InChI is InChI=1S/C19H31N5O/c1-19(8-9-19)18(25)24-12-6-7-15(13-24)17-21-20-16(22(17)2)14-23-10-4-3-5-11-23/h15H,3-14H2,1-2H3/t15-/m1/s1. The summed E-state index contributed by atoms with van der Waals surface area (Å²) in [5.74, 6) is 2.81. The predicted octanol–water partition coefficient (Wildman–Crippen LogP) is 2.31. The van der Waals surface area contributed by atoms with Crippen molar-refractivity contribution >= 4 is 5.91 Å². The monoisotopic (exact) mass is 345 g/mol. The van der Waals surface area contributed by atoms with Gasteiger partial charge in [-0.25, -0.2) is 0 Å². The maximum Gasteiger partial charge on any atom is 0.228 e. The van der Waals surface area contributed by atoms with Crippen LogP contribution in [0.3, 0.4) is 0 Å². The number of hydrogen-bond donors (Lipinski definition) is 0. The van der Waals surface area contributed by atoms with Gasteiger partial charge in [0.15, 0.2) is 0 Å². The number of carbonyl (C=O) groups is 1. The van der Waals surface area contributed by atoms with Crippen molar-refractivity contribution in [1.82, 2.24) is 24.6 Å². The smallest absolute Gasteiger partial charge is 0.228 e. The summed E-state index contributed by atoms with van der Waals surface area (Å²) in [7, 11) is 2.09. The number of hydrogen-bond acceptors (Lipinski definition) is 4. The van der Waals surface area contributed by atoms with E-state index in [1.54, 1.807) is 0 Å². The van der Waals surface area contributed by atoms with Crippen molar-refractivity contribution in [2.24, 2.45) is 12.5 Å². The van der Waals surface area contributed by atoms with Crippen LogP contribution in [0.1, 0.15) is 69.4 Å². The van der Waals surface area contributed by atoms with Gasteiger partial charge in [-0.1, -0.05) is 13.3 Å². The Morgan fingerprint density at radius 1 is 1.12 bits per heavy atom. The molecule has 2 aliphatic heterocycles. The van der Waals surface area contributed by atoms with E-state index in [1.807, 2.05) is 0 Å². The molecule has 0 unspecified atom stereocenters. The molecule has 1 atom stereocenters. The van der Waals surface area contributed by atoms with Gasteiger partial charge in [-0.3, -0.25) is 9.69 Å². The zero-order valence-electron chi connectivity index (χ0n) is 15.7. The number of likely N-dealkylation sites (tertiary alicyclic amines) is 2. The highest BCUT2D eigenvalue weighted by atomic mass is 16.2. The van der Waals surface area contributed by atoms with Gasteiger partial charge in [0.1, 0.15) is 11.6 Å². The summed E-state index contributed by atoms with van der Waals surface area (Å²) in [6.07, 6.45) is 8.22. The van der Waals surface area contributed by atoms with Crippen molar-refractivity contribution in [3.05, 3.63) is 11.6 Å². The summed E-state index contributed by atoms with van der Waals surface area (Å²) in [6, 6.07) is 0. The fourth-order valence-electron chi connectivity index (χ4n) is 4.34. The summed E-state index contributed by atoms with van der Waals surface area (Å²) in [4.78, 5) is 17.3. The third-order valence-corrected chi connectivity index (χ3v) is 6.40. The van der Waals surface area contributed by atoms with Crippen LogP contribution in [0.5, 0.6) is 0 Å². The Hall–Kier alpha value is -1.43. The molecule has 6 nitrogen and oxygen atoms in total. The molecule has 0 radical (unpaired) electrons. The molecule has 0 N–H and O–H groups in total. The number of piperidine rings is 2. The van der Waals surface area contributed by atoms with Crippen LogP contribution >= 0.6 is 0 Å². The number of carbonyl (C=O) groups excluding carboxylic acids is 1. The molecular weight excluding hydrogens is 314 g/mol. The Bertz CT molecular complexity index is 630. The molecule has 138 valence electrons. The lowest BCUT2D eigenvalue weighted by atomic mass is 9.95. The third kappa shape index (κ3) is 3.46. The average molecular weight is 345 g/mol. The van der Waals surface area contributed by atoms with Crippen LogP contribution in [-0.4, -0.2) is 56.7 Å².